The van der Waals surface area contributed by atoms with Crippen molar-refractivity contribution in [1.82, 2.24) is 5.32 Å². The van der Waals surface area contributed by atoms with Crippen molar-refractivity contribution in [3.8, 4) is 5.75 Å². The van der Waals surface area contributed by atoms with Gasteiger partial charge in [-0.3, -0.25) is 9.59 Å². The third kappa shape index (κ3) is 4.38. The monoisotopic (exact) mass is 331 g/mol. The number of amides is 1. The first-order chi connectivity index (χ1) is 11.4. The molecule has 0 radical (unpaired) electrons. The Balaban J connectivity index is 1.97. The lowest BCUT2D eigenvalue weighted by Crippen LogP contribution is -2.34. The van der Waals surface area contributed by atoms with Crippen LogP contribution in [-0.4, -0.2) is 29.6 Å². The van der Waals surface area contributed by atoms with Crippen LogP contribution >= 0.6 is 0 Å². The second-order valence-corrected chi connectivity index (χ2v) is 5.69. The van der Waals surface area contributed by atoms with E-state index in [0.717, 1.165) is 11.3 Å². The predicted molar refractivity (Wildman–Crippen MR) is 88.4 cm³/mol. The van der Waals surface area contributed by atoms with E-state index in [4.69, 9.17) is 14.3 Å². The Hall–Kier alpha value is -2.76. The Morgan fingerprint density at radius 3 is 2.62 bits per heavy atom. The lowest BCUT2D eigenvalue weighted by Gasteiger charge is -2.17. The van der Waals surface area contributed by atoms with E-state index in [1.54, 1.807) is 6.92 Å². The molecule has 24 heavy (non-hydrogen) atoms. The van der Waals surface area contributed by atoms with Gasteiger partial charge in [-0.05, 0) is 32.4 Å². The number of hydrogen-bond donors (Lipinski definition) is 2. The second kappa shape index (κ2) is 7.68. The minimum atomic E-state index is -1.05. The summed E-state index contributed by atoms with van der Waals surface area (Å²) < 4.78 is 11.0. The molecule has 0 bridgehead atoms. The average molecular weight is 331 g/mol. The zero-order valence-electron chi connectivity index (χ0n) is 14.0. The van der Waals surface area contributed by atoms with E-state index in [-0.39, 0.29) is 29.8 Å². The van der Waals surface area contributed by atoms with Gasteiger partial charge in [-0.1, -0.05) is 18.2 Å². The number of carbonyl (C=O) groups excluding carboxylic acids is 1. The molecule has 0 aliphatic carbocycles. The number of carboxylic acids is 1. The van der Waals surface area contributed by atoms with Crippen LogP contribution in [-0.2, 0) is 11.2 Å². The minimum absolute atomic E-state index is 0.157. The van der Waals surface area contributed by atoms with Crippen LogP contribution in [0.25, 0.3) is 0 Å². The Bertz CT molecular complexity index is 735. The molecule has 1 heterocycles. The molecule has 1 unspecified atom stereocenters. The maximum atomic E-state index is 12.3. The number of furan rings is 1. The standard InChI is InChI=1S/C18H21NO5/c1-11-6-4-5-7-14(11)24-13(3)9-19-18(22)17-12(2)10-23-15(17)8-16(20)21/h4-7,10,13H,8-9H2,1-3H3,(H,19,22)(H,20,21). The lowest BCUT2D eigenvalue weighted by atomic mass is 10.1. The molecule has 0 saturated carbocycles. The smallest absolute Gasteiger partial charge is 0.311 e. The number of nitrogens with one attached hydrogen (secondary N) is 1. The van der Waals surface area contributed by atoms with Gasteiger partial charge < -0.3 is 19.6 Å². The van der Waals surface area contributed by atoms with Crippen LogP contribution in [0, 0.1) is 13.8 Å². The van der Waals surface area contributed by atoms with Gasteiger partial charge in [0.05, 0.1) is 18.4 Å². The van der Waals surface area contributed by atoms with Crippen LogP contribution in [0.4, 0.5) is 0 Å². The summed E-state index contributed by atoms with van der Waals surface area (Å²) in [6.45, 7) is 5.81. The fraction of sp³-hybridized carbons (Fsp3) is 0.333. The van der Waals surface area contributed by atoms with Gasteiger partial charge in [0.1, 0.15) is 24.0 Å². The molecule has 6 nitrogen and oxygen atoms in total. The first-order valence-corrected chi connectivity index (χ1v) is 7.67. The Morgan fingerprint density at radius 2 is 1.96 bits per heavy atom. The summed E-state index contributed by atoms with van der Waals surface area (Å²) in [6.07, 6.45) is 0.830. The van der Waals surface area contributed by atoms with Gasteiger partial charge in [0.25, 0.3) is 5.91 Å². The molecule has 0 saturated heterocycles. The molecule has 128 valence electrons. The van der Waals surface area contributed by atoms with E-state index in [1.165, 1.54) is 6.26 Å². The van der Waals surface area contributed by atoms with E-state index in [2.05, 4.69) is 5.32 Å². The van der Waals surface area contributed by atoms with Gasteiger partial charge in [-0.25, -0.2) is 0 Å². The largest absolute Gasteiger partial charge is 0.489 e. The zero-order chi connectivity index (χ0) is 17.7. The lowest BCUT2D eigenvalue weighted by molar-refractivity contribution is -0.136. The summed E-state index contributed by atoms with van der Waals surface area (Å²) >= 11 is 0. The van der Waals surface area contributed by atoms with Crippen LogP contribution in [0.15, 0.2) is 34.9 Å². The third-order valence-electron chi connectivity index (χ3n) is 3.56. The predicted octanol–water partition coefficient (Wildman–Crippen LogP) is 2.72. The van der Waals surface area contributed by atoms with Gasteiger partial charge >= 0.3 is 5.97 Å². The van der Waals surface area contributed by atoms with E-state index < -0.39 is 5.97 Å². The highest BCUT2D eigenvalue weighted by Crippen LogP contribution is 2.19. The third-order valence-corrected chi connectivity index (χ3v) is 3.56. The number of benzene rings is 1. The molecule has 1 amide bonds. The molecule has 0 aliphatic heterocycles. The molecule has 1 aromatic carbocycles. The number of rotatable bonds is 7. The average Bonchev–Trinajstić information content (AvgIpc) is 2.87. The maximum Gasteiger partial charge on any atom is 0.311 e. The van der Waals surface area contributed by atoms with Crippen LogP contribution in [0.1, 0.15) is 34.2 Å². The topological polar surface area (TPSA) is 88.8 Å². The SMILES string of the molecule is Cc1ccccc1OC(C)CNC(=O)c1c(C)coc1CC(=O)O. The van der Waals surface area contributed by atoms with Gasteiger partial charge in [-0.2, -0.15) is 0 Å². The Labute approximate surface area is 140 Å². The summed E-state index contributed by atoms with van der Waals surface area (Å²) in [5, 5.41) is 11.6. The van der Waals surface area contributed by atoms with Crippen LogP contribution in [0.2, 0.25) is 0 Å². The Morgan fingerprint density at radius 1 is 1.25 bits per heavy atom. The normalized spacial score (nSPS) is 11.8. The molecular formula is C18H21NO5. The molecule has 6 heteroatoms. The molecule has 2 N–H and O–H groups in total. The van der Waals surface area contributed by atoms with Crippen molar-refractivity contribution < 1.29 is 23.8 Å². The van der Waals surface area contributed by atoms with Gasteiger partial charge in [0, 0.05) is 5.56 Å². The quantitative estimate of drug-likeness (QED) is 0.814. The van der Waals surface area contributed by atoms with Crippen LogP contribution in [0.3, 0.4) is 0 Å². The summed E-state index contributed by atoms with van der Waals surface area (Å²) in [5.74, 6) is -0.484. The highest BCUT2D eigenvalue weighted by atomic mass is 16.5. The van der Waals surface area contributed by atoms with E-state index in [9.17, 15) is 9.59 Å². The van der Waals surface area contributed by atoms with Crippen molar-refractivity contribution in [1.29, 1.82) is 0 Å². The first kappa shape index (κ1) is 17.6. The molecule has 2 aromatic rings. The van der Waals surface area contributed by atoms with Crippen LogP contribution in [0.5, 0.6) is 5.75 Å². The van der Waals surface area contributed by atoms with Crippen molar-refractivity contribution in [2.75, 3.05) is 6.54 Å². The number of aryl methyl sites for hydroxylation is 2. The molecule has 0 spiro atoms. The van der Waals surface area contributed by atoms with Crippen molar-refractivity contribution in [2.24, 2.45) is 0 Å². The number of aliphatic carboxylic acids is 1. The van der Waals surface area contributed by atoms with Crippen molar-refractivity contribution in [3.05, 3.63) is 53.0 Å². The molecular weight excluding hydrogens is 310 g/mol. The Kier molecular flexibility index (Phi) is 5.63. The van der Waals surface area contributed by atoms with Gasteiger partial charge in [0.2, 0.25) is 0 Å². The fourth-order valence-electron chi connectivity index (χ4n) is 2.34. The number of ether oxygens (including phenoxy) is 1. The molecule has 0 fully saturated rings. The maximum absolute atomic E-state index is 12.3. The summed E-state index contributed by atoms with van der Waals surface area (Å²) in [7, 11) is 0. The molecule has 2 rings (SSSR count). The zero-order valence-corrected chi connectivity index (χ0v) is 14.0. The summed E-state index contributed by atoms with van der Waals surface area (Å²) in [4.78, 5) is 23.2. The summed E-state index contributed by atoms with van der Waals surface area (Å²) in [5.41, 5.74) is 1.90. The van der Waals surface area contributed by atoms with Crippen molar-refractivity contribution in [3.63, 3.8) is 0 Å². The van der Waals surface area contributed by atoms with Gasteiger partial charge in [0.15, 0.2) is 0 Å². The first-order valence-electron chi connectivity index (χ1n) is 7.67. The number of para-hydroxylation sites is 1. The van der Waals surface area contributed by atoms with Crippen LogP contribution < -0.4 is 10.1 Å². The molecule has 1 aromatic heterocycles. The minimum Gasteiger partial charge on any atom is -0.489 e. The molecule has 1 atom stereocenters. The van der Waals surface area contributed by atoms with E-state index >= 15 is 0 Å². The van der Waals surface area contributed by atoms with Crippen molar-refractivity contribution in [2.45, 2.75) is 33.3 Å². The number of carbonyl (C=O) groups is 2. The fourth-order valence-corrected chi connectivity index (χ4v) is 2.34. The number of hydrogen-bond acceptors (Lipinski definition) is 4. The summed E-state index contributed by atoms with van der Waals surface area (Å²) in [6, 6.07) is 7.65. The second-order valence-electron chi connectivity index (χ2n) is 5.69. The highest BCUT2D eigenvalue weighted by Gasteiger charge is 2.21. The highest BCUT2D eigenvalue weighted by molar-refractivity contribution is 5.97. The van der Waals surface area contributed by atoms with E-state index in [1.807, 2.05) is 38.1 Å². The van der Waals surface area contributed by atoms with Crippen molar-refractivity contribution >= 4 is 11.9 Å². The van der Waals surface area contributed by atoms with E-state index in [0.29, 0.717) is 12.1 Å². The molecule has 0 aliphatic rings. The van der Waals surface area contributed by atoms with Gasteiger partial charge in [-0.15, -0.1) is 0 Å². The number of carboxylic acid groups (broad SMARTS) is 1.